The fourth-order valence-corrected chi connectivity index (χ4v) is 3.66. The number of anilines is 1. The van der Waals surface area contributed by atoms with Crippen molar-refractivity contribution in [3.63, 3.8) is 0 Å². The molecule has 7 heteroatoms. The first kappa shape index (κ1) is 13.8. The molecule has 0 atom stereocenters. The number of nitrogens with one attached hydrogen (secondary N) is 1. The second-order valence-electron chi connectivity index (χ2n) is 4.25. The monoisotopic (exact) mass is 316 g/mol. The number of fused-ring (bicyclic) bond motifs is 2. The van der Waals surface area contributed by atoms with Crippen molar-refractivity contribution in [2.75, 3.05) is 5.73 Å². The van der Waals surface area contributed by atoms with Gasteiger partial charge in [-0.1, -0.05) is 41.7 Å². The van der Waals surface area contributed by atoms with Crippen molar-refractivity contribution in [1.29, 1.82) is 0 Å². The summed E-state index contributed by atoms with van der Waals surface area (Å²) < 4.78 is 0. The van der Waals surface area contributed by atoms with Crippen LogP contribution in [-0.4, -0.2) is 16.7 Å². The second kappa shape index (κ2) is 5.71. The van der Waals surface area contributed by atoms with E-state index in [0.29, 0.717) is 11.4 Å². The Morgan fingerprint density at radius 1 is 1.05 bits per heavy atom. The van der Waals surface area contributed by atoms with Gasteiger partial charge in [0.1, 0.15) is 11.7 Å². The van der Waals surface area contributed by atoms with Gasteiger partial charge in [-0.15, -0.1) is 0 Å². The molecular formula is C14H12N4OS2. The summed E-state index contributed by atoms with van der Waals surface area (Å²) in [5.41, 5.74) is 12.5. The predicted octanol–water partition coefficient (Wildman–Crippen LogP) is 2.81. The van der Waals surface area contributed by atoms with Crippen molar-refractivity contribution in [2.24, 2.45) is 10.7 Å². The smallest absolute Gasteiger partial charge is 0.279 e. The third-order valence-electron chi connectivity index (χ3n) is 2.92. The number of hydrogen-bond donors (Lipinski definition) is 3. The summed E-state index contributed by atoms with van der Waals surface area (Å²) in [6, 6.07) is 7.14. The number of H-pyrrole nitrogens is 1. The van der Waals surface area contributed by atoms with Crippen LogP contribution in [0, 0.1) is 0 Å². The minimum atomic E-state index is -0.238. The van der Waals surface area contributed by atoms with Crippen molar-refractivity contribution >= 4 is 41.1 Å². The molecule has 0 saturated carbocycles. The number of thioether (sulfide) groups is 2. The number of nitrogens with zero attached hydrogens (tertiary/aromatic N) is 1. The number of aromatic nitrogens is 1. The van der Waals surface area contributed by atoms with Crippen LogP contribution in [0.3, 0.4) is 0 Å². The summed E-state index contributed by atoms with van der Waals surface area (Å²) in [5, 5.41) is 4.09. The van der Waals surface area contributed by atoms with Crippen LogP contribution < -0.4 is 11.5 Å². The normalized spacial score (nSPS) is 14.9. The highest BCUT2D eigenvalue weighted by molar-refractivity contribution is 8.08. The first-order chi connectivity index (χ1) is 10.2. The minimum Gasteiger partial charge on any atom is -0.384 e. The lowest BCUT2D eigenvalue weighted by Gasteiger charge is -2.02. The number of nitrogen functional groups attached to an aromatic ring is 1. The molecule has 1 aromatic heterocycles. The molecule has 4 rings (SSSR count). The number of aliphatic imine (C=N–C) groups is 1. The zero-order valence-electron chi connectivity index (χ0n) is 10.9. The van der Waals surface area contributed by atoms with Gasteiger partial charge in [-0.25, -0.2) is 0 Å². The molecule has 0 spiro atoms. The van der Waals surface area contributed by atoms with E-state index in [1.54, 1.807) is 41.7 Å². The van der Waals surface area contributed by atoms with Gasteiger partial charge in [0.2, 0.25) is 0 Å². The summed E-state index contributed by atoms with van der Waals surface area (Å²) in [6.07, 6.45) is 1.94. The minimum absolute atomic E-state index is 0.238. The second-order valence-corrected chi connectivity index (χ2v) is 6.12. The van der Waals surface area contributed by atoms with E-state index in [4.69, 9.17) is 11.5 Å². The van der Waals surface area contributed by atoms with Gasteiger partial charge in [0, 0.05) is 16.7 Å². The van der Waals surface area contributed by atoms with Gasteiger partial charge in [0.25, 0.3) is 5.91 Å². The molecular weight excluding hydrogens is 304 g/mol. The van der Waals surface area contributed by atoms with Crippen LogP contribution in [0.4, 0.5) is 5.82 Å². The Hall–Kier alpha value is -2.12. The lowest BCUT2D eigenvalue weighted by Crippen LogP contribution is -2.09. The highest BCUT2D eigenvalue weighted by Crippen LogP contribution is 2.40. The van der Waals surface area contributed by atoms with Gasteiger partial charge in [0.15, 0.2) is 0 Å². The fourth-order valence-electron chi connectivity index (χ4n) is 1.94. The Bertz CT molecular complexity index is 764. The molecule has 2 aliphatic heterocycles. The standard InChI is InChI=1S/C8H6N2O.C6H6N2S2/c9-7-5-3-1-2-4-6(5)8(11)10-7;7-6-5-4(3-8-6)9-1-2-10-5/h1-4H,(H2,9,10,11);1-3,8H,7H2. The Kier molecular flexibility index (Phi) is 3.76. The van der Waals surface area contributed by atoms with Crippen LogP contribution in [0.25, 0.3) is 0 Å². The summed E-state index contributed by atoms with van der Waals surface area (Å²) in [4.78, 5) is 20.0. The molecule has 0 aliphatic carbocycles. The van der Waals surface area contributed by atoms with Gasteiger partial charge >= 0.3 is 0 Å². The summed E-state index contributed by atoms with van der Waals surface area (Å²) in [6.45, 7) is 0. The molecule has 0 fully saturated rings. The molecule has 0 bridgehead atoms. The summed E-state index contributed by atoms with van der Waals surface area (Å²) in [7, 11) is 0. The van der Waals surface area contributed by atoms with E-state index in [9.17, 15) is 4.79 Å². The van der Waals surface area contributed by atoms with Crippen LogP contribution in [0.1, 0.15) is 15.9 Å². The average Bonchev–Trinajstić information content (AvgIpc) is 3.02. The molecule has 5 N–H and O–H groups in total. The number of rotatable bonds is 0. The molecule has 3 heterocycles. The highest BCUT2D eigenvalue weighted by atomic mass is 32.2. The quantitative estimate of drug-likeness (QED) is 0.694. The van der Waals surface area contributed by atoms with E-state index < -0.39 is 0 Å². The number of carbonyl (C=O) groups is 1. The Morgan fingerprint density at radius 3 is 2.48 bits per heavy atom. The number of benzene rings is 1. The lowest BCUT2D eigenvalue weighted by atomic mass is 10.1. The van der Waals surface area contributed by atoms with Gasteiger partial charge in [-0.3, -0.25) is 4.79 Å². The molecule has 2 aromatic rings. The fraction of sp³-hybridized carbons (Fsp3) is 0. The maximum absolute atomic E-state index is 11.0. The number of nitrogens with two attached hydrogens (primary N) is 2. The zero-order valence-corrected chi connectivity index (χ0v) is 12.5. The van der Waals surface area contributed by atoms with Crippen LogP contribution >= 0.6 is 23.5 Å². The zero-order chi connectivity index (χ0) is 14.8. The van der Waals surface area contributed by atoms with E-state index in [1.165, 1.54) is 4.90 Å². The van der Waals surface area contributed by atoms with Crippen LogP contribution in [0.2, 0.25) is 0 Å². The average molecular weight is 316 g/mol. The van der Waals surface area contributed by atoms with Crippen LogP contribution in [-0.2, 0) is 0 Å². The summed E-state index contributed by atoms with van der Waals surface area (Å²) in [5.74, 6) is 0.862. The molecule has 0 radical (unpaired) electrons. The van der Waals surface area contributed by atoms with E-state index in [1.807, 2.05) is 17.7 Å². The number of carbonyl (C=O) groups excluding carboxylic acids is 1. The van der Waals surface area contributed by atoms with Crippen molar-refractivity contribution in [3.05, 3.63) is 52.4 Å². The number of hydrogen-bond acceptors (Lipinski definition) is 5. The van der Waals surface area contributed by atoms with Gasteiger partial charge in [-0.05, 0) is 16.9 Å². The van der Waals surface area contributed by atoms with E-state index in [-0.39, 0.29) is 5.91 Å². The van der Waals surface area contributed by atoms with Gasteiger partial charge in [-0.2, -0.15) is 4.99 Å². The van der Waals surface area contributed by atoms with Gasteiger partial charge in [0.05, 0.1) is 10.5 Å². The third-order valence-corrected chi connectivity index (χ3v) is 5.02. The maximum Gasteiger partial charge on any atom is 0.279 e. The highest BCUT2D eigenvalue weighted by Gasteiger charge is 2.19. The molecule has 21 heavy (non-hydrogen) atoms. The number of aromatic amines is 1. The SMILES string of the molecule is NC1=NC(=O)c2ccccc21.Nc1[nH]cc2c1SC=CS2. The lowest BCUT2D eigenvalue weighted by molar-refractivity contribution is 0.101. The Balaban J connectivity index is 0.000000126. The Morgan fingerprint density at radius 2 is 1.76 bits per heavy atom. The summed E-state index contributed by atoms with van der Waals surface area (Å²) >= 11 is 3.36. The number of amides is 1. The Labute approximate surface area is 129 Å². The molecule has 0 saturated heterocycles. The topological polar surface area (TPSA) is 97.3 Å². The molecule has 1 aromatic carbocycles. The first-order valence-corrected chi connectivity index (χ1v) is 7.86. The molecule has 106 valence electrons. The third kappa shape index (κ3) is 2.70. The van der Waals surface area contributed by atoms with Crippen LogP contribution in [0.15, 0.2) is 56.1 Å². The largest absolute Gasteiger partial charge is 0.384 e. The van der Waals surface area contributed by atoms with Crippen LogP contribution in [0.5, 0.6) is 0 Å². The van der Waals surface area contributed by atoms with Crippen molar-refractivity contribution in [2.45, 2.75) is 9.79 Å². The number of amidine groups is 1. The van der Waals surface area contributed by atoms with E-state index >= 15 is 0 Å². The van der Waals surface area contributed by atoms with Gasteiger partial charge < -0.3 is 16.5 Å². The van der Waals surface area contributed by atoms with Crippen molar-refractivity contribution in [1.82, 2.24) is 4.98 Å². The first-order valence-electron chi connectivity index (χ1n) is 6.10. The van der Waals surface area contributed by atoms with Crippen molar-refractivity contribution < 1.29 is 4.79 Å². The van der Waals surface area contributed by atoms with Crippen molar-refractivity contribution in [3.8, 4) is 0 Å². The molecule has 5 nitrogen and oxygen atoms in total. The molecule has 2 aliphatic rings. The predicted molar refractivity (Wildman–Crippen MR) is 87.6 cm³/mol. The van der Waals surface area contributed by atoms with E-state index in [0.717, 1.165) is 16.3 Å². The molecule has 1 amide bonds. The van der Waals surface area contributed by atoms with E-state index in [2.05, 4.69) is 15.4 Å². The molecule has 0 unspecified atom stereocenters. The maximum atomic E-state index is 11.0.